The lowest BCUT2D eigenvalue weighted by Gasteiger charge is -2.09. The van der Waals surface area contributed by atoms with Gasteiger partial charge in [0.15, 0.2) is 0 Å². The molecule has 1 aromatic rings. The van der Waals surface area contributed by atoms with E-state index in [1.807, 2.05) is 27.0 Å². The third-order valence-corrected chi connectivity index (χ3v) is 1.78. The molecule has 1 rings (SSSR count). The highest BCUT2D eigenvalue weighted by Gasteiger charge is 2.23. The van der Waals surface area contributed by atoms with Gasteiger partial charge in [0.05, 0.1) is 17.7 Å². The van der Waals surface area contributed by atoms with Gasteiger partial charge in [0.2, 0.25) is 0 Å². The topological polar surface area (TPSA) is 54.5 Å². The van der Waals surface area contributed by atoms with Crippen LogP contribution in [0.1, 0.15) is 26.5 Å². The Bertz CT molecular complexity index is 305. The molecular formula is C8H12N4. The summed E-state index contributed by atoms with van der Waals surface area (Å²) in [5.74, 6) is 0. The van der Waals surface area contributed by atoms with Crippen molar-refractivity contribution >= 4 is 0 Å². The van der Waals surface area contributed by atoms with Crippen LogP contribution in [0.3, 0.4) is 0 Å². The SMILES string of the molecule is CCn1cc(C(C)(C)C#N)nn1. The average molecular weight is 164 g/mol. The molecule has 0 N–H and O–H groups in total. The van der Waals surface area contributed by atoms with E-state index in [2.05, 4.69) is 16.4 Å². The highest BCUT2D eigenvalue weighted by atomic mass is 15.4. The van der Waals surface area contributed by atoms with Gasteiger partial charge in [-0.15, -0.1) is 5.10 Å². The lowest BCUT2D eigenvalue weighted by Crippen LogP contribution is -2.14. The largest absolute Gasteiger partial charge is 0.253 e. The Labute approximate surface area is 71.8 Å². The van der Waals surface area contributed by atoms with E-state index in [1.165, 1.54) is 0 Å². The third kappa shape index (κ3) is 1.45. The normalized spacial score (nSPS) is 11.2. The number of aryl methyl sites for hydroxylation is 1. The number of aromatic nitrogens is 3. The lowest BCUT2D eigenvalue weighted by molar-refractivity contribution is 0.623. The van der Waals surface area contributed by atoms with Crippen molar-refractivity contribution in [1.29, 1.82) is 5.26 Å². The molecule has 0 aliphatic carbocycles. The van der Waals surface area contributed by atoms with Crippen molar-refractivity contribution in [3.8, 4) is 6.07 Å². The number of nitrogens with zero attached hydrogens (tertiary/aromatic N) is 4. The van der Waals surface area contributed by atoms with Gasteiger partial charge in [-0.25, -0.2) is 0 Å². The fourth-order valence-corrected chi connectivity index (χ4v) is 0.797. The van der Waals surface area contributed by atoms with E-state index in [0.29, 0.717) is 0 Å². The van der Waals surface area contributed by atoms with Crippen LogP contribution in [0.15, 0.2) is 6.20 Å². The minimum atomic E-state index is -0.534. The predicted molar refractivity (Wildman–Crippen MR) is 44.3 cm³/mol. The molecule has 4 heteroatoms. The van der Waals surface area contributed by atoms with Gasteiger partial charge in [0, 0.05) is 6.54 Å². The molecular weight excluding hydrogens is 152 g/mol. The predicted octanol–water partition coefficient (Wildman–Crippen LogP) is 1.10. The van der Waals surface area contributed by atoms with Gasteiger partial charge in [-0.05, 0) is 20.8 Å². The summed E-state index contributed by atoms with van der Waals surface area (Å²) in [6.07, 6.45) is 1.81. The second-order valence-corrected chi connectivity index (χ2v) is 3.20. The molecule has 12 heavy (non-hydrogen) atoms. The van der Waals surface area contributed by atoms with Gasteiger partial charge in [0.25, 0.3) is 0 Å². The van der Waals surface area contributed by atoms with Crippen molar-refractivity contribution in [3.63, 3.8) is 0 Å². The van der Waals surface area contributed by atoms with Crippen molar-refractivity contribution < 1.29 is 0 Å². The summed E-state index contributed by atoms with van der Waals surface area (Å²) in [4.78, 5) is 0. The molecule has 64 valence electrons. The van der Waals surface area contributed by atoms with Crippen LogP contribution >= 0.6 is 0 Å². The Morgan fingerprint density at radius 3 is 2.75 bits per heavy atom. The highest BCUT2D eigenvalue weighted by Crippen LogP contribution is 2.18. The lowest BCUT2D eigenvalue weighted by atomic mass is 9.92. The molecule has 1 aromatic heterocycles. The van der Waals surface area contributed by atoms with Gasteiger partial charge < -0.3 is 0 Å². The number of rotatable bonds is 2. The first kappa shape index (κ1) is 8.72. The Kier molecular flexibility index (Phi) is 2.13. The van der Waals surface area contributed by atoms with E-state index < -0.39 is 5.41 Å². The number of hydrogen-bond acceptors (Lipinski definition) is 3. The molecule has 0 atom stereocenters. The molecule has 0 spiro atoms. The zero-order chi connectivity index (χ0) is 9.19. The summed E-state index contributed by atoms with van der Waals surface area (Å²) in [7, 11) is 0. The standard InChI is InChI=1S/C8H12N4/c1-4-12-5-7(10-11-12)8(2,3)6-9/h5H,4H2,1-3H3. The second kappa shape index (κ2) is 2.94. The van der Waals surface area contributed by atoms with Crippen molar-refractivity contribution in [2.75, 3.05) is 0 Å². The van der Waals surface area contributed by atoms with E-state index in [4.69, 9.17) is 5.26 Å². The maximum absolute atomic E-state index is 8.80. The molecule has 0 fully saturated rings. The minimum absolute atomic E-state index is 0.534. The minimum Gasteiger partial charge on any atom is -0.253 e. The summed E-state index contributed by atoms with van der Waals surface area (Å²) in [5, 5.41) is 16.6. The van der Waals surface area contributed by atoms with Crippen molar-refractivity contribution in [1.82, 2.24) is 15.0 Å². The van der Waals surface area contributed by atoms with E-state index in [-0.39, 0.29) is 0 Å². The number of hydrogen-bond donors (Lipinski definition) is 0. The van der Waals surface area contributed by atoms with Gasteiger partial charge >= 0.3 is 0 Å². The van der Waals surface area contributed by atoms with Crippen LogP contribution < -0.4 is 0 Å². The van der Waals surface area contributed by atoms with E-state index in [0.717, 1.165) is 12.2 Å². The van der Waals surface area contributed by atoms with Crippen molar-refractivity contribution in [2.24, 2.45) is 0 Å². The first-order valence-corrected chi connectivity index (χ1v) is 3.92. The summed E-state index contributed by atoms with van der Waals surface area (Å²) >= 11 is 0. The molecule has 0 unspecified atom stereocenters. The van der Waals surface area contributed by atoms with Crippen LogP contribution in [0.5, 0.6) is 0 Å². The van der Waals surface area contributed by atoms with Crippen LogP contribution in [0.4, 0.5) is 0 Å². The molecule has 0 bridgehead atoms. The molecule has 4 nitrogen and oxygen atoms in total. The highest BCUT2D eigenvalue weighted by molar-refractivity contribution is 5.19. The Morgan fingerprint density at radius 2 is 2.33 bits per heavy atom. The van der Waals surface area contributed by atoms with Gasteiger partial charge in [-0.2, -0.15) is 5.26 Å². The zero-order valence-electron chi connectivity index (χ0n) is 7.57. The molecule has 1 heterocycles. The van der Waals surface area contributed by atoms with Crippen molar-refractivity contribution in [3.05, 3.63) is 11.9 Å². The maximum atomic E-state index is 8.80. The monoisotopic (exact) mass is 164 g/mol. The first-order valence-electron chi connectivity index (χ1n) is 3.92. The molecule has 0 aliphatic heterocycles. The van der Waals surface area contributed by atoms with E-state index >= 15 is 0 Å². The van der Waals surface area contributed by atoms with Crippen LogP contribution in [-0.2, 0) is 12.0 Å². The van der Waals surface area contributed by atoms with Crippen molar-refractivity contribution in [2.45, 2.75) is 32.7 Å². The fraction of sp³-hybridized carbons (Fsp3) is 0.625. The summed E-state index contributed by atoms with van der Waals surface area (Å²) in [6.45, 7) is 6.43. The van der Waals surface area contributed by atoms with Crippen LogP contribution in [-0.4, -0.2) is 15.0 Å². The van der Waals surface area contributed by atoms with E-state index in [1.54, 1.807) is 4.68 Å². The maximum Gasteiger partial charge on any atom is 0.102 e. The summed E-state index contributed by atoms with van der Waals surface area (Å²) in [6, 6.07) is 2.18. The Balaban J connectivity index is 2.98. The van der Waals surface area contributed by atoms with Gasteiger partial charge in [0.1, 0.15) is 5.69 Å². The quantitative estimate of drug-likeness (QED) is 0.657. The van der Waals surface area contributed by atoms with Crippen LogP contribution in [0.2, 0.25) is 0 Å². The van der Waals surface area contributed by atoms with Crippen LogP contribution in [0, 0.1) is 11.3 Å². The van der Waals surface area contributed by atoms with Gasteiger partial charge in [-0.1, -0.05) is 5.21 Å². The number of nitriles is 1. The Morgan fingerprint density at radius 1 is 1.67 bits per heavy atom. The molecule has 0 amide bonds. The molecule has 0 radical (unpaired) electrons. The molecule has 0 aromatic carbocycles. The summed E-state index contributed by atoms with van der Waals surface area (Å²) in [5.41, 5.74) is 0.194. The third-order valence-electron chi connectivity index (χ3n) is 1.78. The molecule has 0 saturated carbocycles. The van der Waals surface area contributed by atoms with Gasteiger partial charge in [-0.3, -0.25) is 4.68 Å². The van der Waals surface area contributed by atoms with Crippen LogP contribution in [0.25, 0.3) is 0 Å². The molecule has 0 aliphatic rings. The fourth-order valence-electron chi connectivity index (χ4n) is 0.797. The molecule has 0 saturated heterocycles. The first-order chi connectivity index (χ1) is 5.60. The Hall–Kier alpha value is -1.37. The second-order valence-electron chi connectivity index (χ2n) is 3.20. The van der Waals surface area contributed by atoms with E-state index in [9.17, 15) is 0 Å². The average Bonchev–Trinajstić information content (AvgIpc) is 2.52. The smallest absolute Gasteiger partial charge is 0.102 e. The summed E-state index contributed by atoms with van der Waals surface area (Å²) < 4.78 is 1.72. The zero-order valence-corrected chi connectivity index (χ0v) is 7.57.